The van der Waals surface area contributed by atoms with E-state index in [-0.39, 0.29) is 43.6 Å². The Morgan fingerprint density at radius 2 is 1.72 bits per heavy atom. The van der Waals surface area contributed by atoms with Gasteiger partial charge in [0.25, 0.3) is 0 Å². The quantitative estimate of drug-likeness (QED) is 0.115. The molecule has 3 atom stereocenters. The fourth-order valence-corrected chi connectivity index (χ4v) is 12.3. The number of nitrogens with zero attached hydrogens (tertiary/aromatic N) is 6. The minimum Gasteiger partial charge on any atom is -0.490 e. The zero-order valence-electron chi connectivity index (χ0n) is 43.4. The number of ether oxygens (including phenoxy) is 8. The van der Waals surface area contributed by atoms with E-state index >= 15 is 0 Å². The first-order valence-corrected chi connectivity index (χ1v) is 27.8. The van der Waals surface area contributed by atoms with Crippen LogP contribution in [0.15, 0.2) is 42.9 Å². The number of carbonyl (C=O) groups is 1. The van der Waals surface area contributed by atoms with E-state index in [0.717, 1.165) is 110 Å². The summed E-state index contributed by atoms with van der Waals surface area (Å²) in [6, 6.07) is 7.52. The Kier molecular flexibility index (Phi) is 16.6. The van der Waals surface area contributed by atoms with Crippen LogP contribution in [0.1, 0.15) is 105 Å². The molecule has 74 heavy (non-hydrogen) atoms. The summed E-state index contributed by atoms with van der Waals surface area (Å²) >= 11 is 16.5. The van der Waals surface area contributed by atoms with E-state index in [4.69, 9.17) is 81.0 Å². The van der Waals surface area contributed by atoms with E-state index in [1.165, 1.54) is 11.9 Å². The van der Waals surface area contributed by atoms with Crippen LogP contribution in [0.5, 0.6) is 23.1 Å². The number of hydrogen-bond donors (Lipinski definition) is 0. The van der Waals surface area contributed by atoms with Crippen LogP contribution in [0.25, 0.3) is 26.9 Å². The maximum absolute atomic E-state index is 14.6. The number of hydrogen-bond acceptors (Lipinski definition) is 16. The summed E-state index contributed by atoms with van der Waals surface area (Å²) in [7, 11) is 2.14. The van der Waals surface area contributed by atoms with Crippen molar-refractivity contribution >= 4 is 56.3 Å². The lowest BCUT2D eigenvalue weighted by atomic mass is 9.86. The fraction of sp³-hybridized carbons (Fsp3) is 0.554. The molecule has 7 heterocycles. The van der Waals surface area contributed by atoms with Gasteiger partial charge in [0.15, 0.2) is 5.75 Å². The summed E-state index contributed by atoms with van der Waals surface area (Å²) in [5.41, 5.74) is 5.08. The summed E-state index contributed by atoms with van der Waals surface area (Å²) < 4.78 is 51.0. The van der Waals surface area contributed by atoms with Gasteiger partial charge in [0.1, 0.15) is 59.5 Å². The lowest BCUT2D eigenvalue weighted by Gasteiger charge is -2.35. The van der Waals surface area contributed by atoms with Crippen molar-refractivity contribution in [3.05, 3.63) is 86.0 Å². The van der Waals surface area contributed by atoms with Crippen molar-refractivity contribution in [3.8, 4) is 34.3 Å². The van der Waals surface area contributed by atoms with Crippen LogP contribution in [-0.4, -0.2) is 139 Å². The molecule has 5 aromatic rings. The molecule has 0 N–H and O–H groups in total. The number of allylic oxidation sites excluding steroid dienone is 2. The molecule has 0 spiro atoms. The smallest absolute Gasteiger partial charge is 0.348 e. The van der Waals surface area contributed by atoms with Crippen molar-refractivity contribution < 1.29 is 42.7 Å². The Labute approximate surface area is 448 Å². The first-order chi connectivity index (χ1) is 35.7. The second-order valence-corrected chi connectivity index (χ2v) is 23.0. The van der Waals surface area contributed by atoms with Gasteiger partial charge in [0, 0.05) is 67.3 Å². The average molecular weight is 1070 g/mol. The van der Waals surface area contributed by atoms with E-state index in [0.29, 0.717) is 76.0 Å². The van der Waals surface area contributed by atoms with E-state index in [1.807, 2.05) is 58.9 Å². The number of piperazine rings is 1. The molecule has 0 amide bonds. The molecule has 2 saturated heterocycles. The predicted molar refractivity (Wildman–Crippen MR) is 286 cm³/mol. The normalized spacial score (nSPS) is 23.1. The summed E-state index contributed by atoms with van der Waals surface area (Å²) in [6.07, 6.45) is 10.7. The Morgan fingerprint density at radius 1 is 0.919 bits per heavy atom. The Bertz CT molecular complexity index is 2810. The SMILES string of the molecule is Cc1c(Cl)c2c(Cl)c(C)c1-c1c(C3=CCCC3)sc3ncnc(c13)O[C@@H](C(=O)OC(C)(C)C)Cc1cc(ccc1OCc1ccnc(C3CCC(OCC4COCCO4)CC3)n1)OC[C@@H](CN1CCN(C)CC1)O2. The Morgan fingerprint density at radius 3 is 2.45 bits per heavy atom. The summed E-state index contributed by atoms with van der Waals surface area (Å²) in [4.78, 5) is 40.4. The van der Waals surface area contributed by atoms with Crippen molar-refractivity contribution in [2.75, 3.05) is 72.8 Å². The lowest BCUT2D eigenvalue weighted by Crippen LogP contribution is -2.49. The molecule has 15 nitrogen and oxygen atoms in total. The minimum atomic E-state index is -1.18. The van der Waals surface area contributed by atoms with Crippen LogP contribution < -0.4 is 18.9 Å². The maximum Gasteiger partial charge on any atom is 0.348 e. The molecule has 4 bridgehead atoms. The van der Waals surface area contributed by atoms with E-state index in [2.05, 4.69) is 22.9 Å². The molecule has 1 saturated carbocycles. The van der Waals surface area contributed by atoms with Gasteiger partial charge in [-0.3, -0.25) is 4.90 Å². The van der Waals surface area contributed by atoms with Gasteiger partial charge in [-0.25, -0.2) is 24.7 Å². The highest BCUT2D eigenvalue weighted by Gasteiger charge is 2.35. The van der Waals surface area contributed by atoms with Crippen molar-refractivity contribution in [1.29, 1.82) is 0 Å². The van der Waals surface area contributed by atoms with E-state index < -0.39 is 23.8 Å². The highest BCUT2D eigenvalue weighted by molar-refractivity contribution is 7.20. The predicted octanol–water partition coefficient (Wildman–Crippen LogP) is 10.4. The number of rotatable bonds is 11. The van der Waals surface area contributed by atoms with Gasteiger partial charge in [-0.15, -0.1) is 11.3 Å². The van der Waals surface area contributed by atoms with Crippen molar-refractivity contribution in [3.63, 3.8) is 0 Å². The van der Waals surface area contributed by atoms with Crippen LogP contribution in [0.2, 0.25) is 10.0 Å². The molecule has 11 rings (SSSR count). The van der Waals surface area contributed by atoms with Gasteiger partial charge in [0.05, 0.1) is 53.7 Å². The molecule has 6 aliphatic rings. The maximum atomic E-state index is 14.6. The van der Waals surface area contributed by atoms with Gasteiger partial charge in [-0.1, -0.05) is 29.3 Å². The van der Waals surface area contributed by atoms with Crippen molar-refractivity contribution in [2.45, 2.75) is 129 Å². The van der Waals surface area contributed by atoms with E-state index in [1.54, 1.807) is 17.5 Å². The van der Waals surface area contributed by atoms with Crippen LogP contribution >= 0.6 is 34.5 Å². The van der Waals surface area contributed by atoms with Crippen molar-refractivity contribution in [2.24, 2.45) is 0 Å². The molecule has 18 heteroatoms. The summed E-state index contributed by atoms with van der Waals surface area (Å²) in [5, 5.41) is 1.49. The van der Waals surface area contributed by atoms with Crippen LogP contribution in [0.3, 0.4) is 0 Å². The molecule has 1 unspecified atom stereocenters. The standard InChI is InChI=1S/C56H68Cl2N6O9S/c1-33-45-34(2)49(58)50(48(33)57)71-41(27-64-21-19-63(6)20-22-64)30-69-40-15-16-43(70-28-38-17-18-59-52(62-38)36-11-13-39(14-12-36)68-31-42-29-66-23-24-67-42)37(25-40)26-44(55(65)73-56(3,4)5)72-53-47-46(45)51(35-9-7-8-10-35)74-54(47)61-32-60-53/h9,15-18,25,32,36,39,41-42,44H,7-8,10-14,19-24,26-31H2,1-6H3/t36?,39?,41-,42?,44-/m1/s1. The largest absolute Gasteiger partial charge is 0.490 e. The second kappa shape index (κ2) is 23.3. The van der Waals surface area contributed by atoms with Crippen LogP contribution in [-0.2, 0) is 36.8 Å². The Hall–Kier alpha value is -4.65. The zero-order chi connectivity index (χ0) is 51.5. The van der Waals surface area contributed by atoms with Crippen LogP contribution in [0, 0.1) is 13.8 Å². The topological polar surface area (TPSA) is 149 Å². The van der Waals surface area contributed by atoms with Gasteiger partial charge in [0.2, 0.25) is 12.0 Å². The number of likely N-dealkylation sites (N-methyl/N-ethyl adjacent to an activating group) is 1. The minimum absolute atomic E-state index is 0.0102. The second-order valence-electron chi connectivity index (χ2n) is 21.2. The lowest BCUT2D eigenvalue weighted by molar-refractivity contribution is -0.163. The monoisotopic (exact) mass is 1070 g/mol. The third-order valence-corrected chi connectivity index (χ3v) is 16.6. The first-order valence-electron chi connectivity index (χ1n) is 26.2. The highest BCUT2D eigenvalue weighted by atomic mass is 35.5. The number of benzene rings is 2. The third kappa shape index (κ3) is 12.3. The number of carbonyl (C=O) groups excluding carboxylic acids is 1. The zero-order valence-corrected chi connectivity index (χ0v) is 45.7. The number of fused-ring (bicyclic) bond motifs is 7. The molecular weight excluding hydrogens is 1000 g/mol. The summed E-state index contributed by atoms with van der Waals surface area (Å²) in [6.45, 7) is 16.4. The van der Waals surface area contributed by atoms with Crippen LogP contribution in [0.4, 0.5) is 0 Å². The molecule has 0 radical (unpaired) electrons. The first kappa shape index (κ1) is 52.8. The molecular formula is C56H68Cl2N6O9S. The van der Waals surface area contributed by atoms with Gasteiger partial charge in [-0.2, -0.15) is 0 Å². The average Bonchev–Trinajstić information content (AvgIpc) is 4.08. The van der Waals surface area contributed by atoms with Crippen molar-refractivity contribution in [1.82, 2.24) is 29.7 Å². The molecule has 4 aliphatic heterocycles. The van der Waals surface area contributed by atoms with E-state index in [9.17, 15) is 4.79 Å². The number of halogens is 2. The van der Waals surface area contributed by atoms with Gasteiger partial charge >= 0.3 is 5.97 Å². The Balaban J connectivity index is 1.00. The molecule has 2 aromatic carbocycles. The molecule has 396 valence electrons. The van der Waals surface area contributed by atoms with Gasteiger partial charge < -0.3 is 42.8 Å². The molecule has 3 fully saturated rings. The third-order valence-electron chi connectivity index (χ3n) is 14.5. The summed E-state index contributed by atoms with van der Waals surface area (Å²) in [5.74, 6) is 2.18. The fourth-order valence-electron chi connectivity index (χ4n) is 10.6. The number of thiophene rings is 1. The number of aromatic nitrogens is 4. The molecule has 2 aliphatic carbocycles. The highest BCUT2D eigenvalue weighted by Crippen LogP contribution is 2.53. The number of esters is 1. The molecule has 3 aromatic heterocycles. The van der Waals surface area contributed by atoms with Gasteiger partial charge in [-0.05, 0) is 133 Å².